The number of sulfonamides is 1. The van der Waals surface area contributed by atoms with Crippen LogP contribution in [0.3, 0.4) is 0 Å². The molecule has 3 heterocycles. The quantitative estimate of drug-likeness (QED) is 0.904. The van der Waals surface area contributed by atoms with Crippen molar-refractivity contribution in [1.82, 2.24) is 9.29 Å². The second kappa shape index (κ2) is 6.07. The Balaban J connectivity index is 1.68. The molecule has 0 unspecified atom stereocenters. The molecular weight excluding hydrogens is 342 g/mol. The van der Waals surface area contributed by atoms with E-state index in [0.717, 1.165) is 5.01 Å². The first kappa shape index (κ1) is 15.6. The summed E-state index contributed by atoms with van der Waals surface area (Å²) in [6.07, 6.45) is 1.41. The minimum atomic E-state index is -3.37. The summed E-state index contributed by atoms with van der Waals surface area (Å²) in [6, 6.07) is 3.37. The number of hydrogen-bond donors (Lipinski definition) is 1. The van der Waals surface area contributed by atoms with Crippen molar-refractivity contribution >= 4 is 38.6 Å². The number of hydrogen-bond acceptors (Lipinski definition) is 6. The molecule has 1 amide bonds. The Morgan fingerprint density at radius 2 is 2.05 bits per heavy atom. The van der Waals surface area contributed by atoms with E-state index in [-0.39, 0.29) is 11.6 Å². The third kappa shape index (κ3) is 2.94. The lowest BCUT2D eigenvalue weighted by molar-refractivity contribution is 0.0996. The molecule has 3 rings (SSSR count). The zero-order valence-electron chi connectivity index (χ0n) is 11.6. The van der Waals surface area contributed by atoms with Crippen LogP contribution in [0.15, 0.2) is 27.1 Å². The van der Waals surface area contributed by atoms with E-state index in [9.17, 15) is 13.2 Å². The number of carbonyl (C=O) groups excluding carboxylic acids is 1. The van der Waals surface area contributed by atoms with Gasteiger partial charge in [0.25, 0.3) is 15.9 Å². The highest BCUT2D eigenvalue weighted by molar-refractivity contribution is 7.91. The predicted molar refractivity (Wildman–Crippen MR) is 85.7 cm³/mol. The zero-order chi connectivity index (χ0) is 15.7. The summed E-state index contributed by atoms with van der Waals surface area (Å²) in [4.78, 5) is 15.3. The van der Waals surface area contributed by atoms with E-state index in [1.807, 2.05) is 0 Å². The SMILES string of the molecule is NC(=O)c1csc(C2CCN(S(=O)(=O)c3cccs3)CC2)n1. The van der Waals surface area contributed by atoms with Crippen molar-refractivity contribution in [1.29, 1.82) is 0 Å². The van der Waals surface area contributed by atoms with Crippen molar-refractivity contribution in [2.45, 2.75) is 23.0 Å². The summed E-state index contributed by atoms with van der Waals surface area (Å²) in [6.45, 7) is 0.937. The summed E-state index contributed by atoms with van der Waals surface area (Å²) >= 11 is 2.65. The highest BCUT2D eigenvalue weighted by atomic mass is 32.2. The molecule has 0 atom stereocenters. The summed E-state index contributed by atoms with van der Waals surface area (Å²) in [5.74, 6) is -0.340. The van der Waals surface area contributed by atoms with Gasteiger partial charge in [0.2, 0.25) is 0 Å². The second-order valence-corrected chi connectivity index (χ2v) is 9.05. The molecule has 2 aromatic rings. The molecule has 22 heavy (non-hydrogen) atoms. The zero-order valence-corrected chi connectivity index (χ0v) is 14.1. The third-order valence-electron chi connectivity index (χ3n) is 3.67. The van der Waals surface area contributed by atoms with E-state index in [4.69, 9.17) is 5.73 Å². The number of aromatic nitrogens is 1. The summed E-state index contributed by atoms with van der Waals surface area (Å²) < 4.78 is 26.8. The highest BCUT2D eigenvalue weighted by Crippen LogP contribution is 2.33. The third-order valence-corrected chi connectivity index (χ3v) is 7.95. The Morgan fingerprint density at radius 1 is 1.32 bits per heavy atom. The number of primary amides is 1. The fraction of sp³-hybridized carbons (Fsp3) is 0.385. The van der Waals surface area contributed by atoms with Gasteiger partial charge in [-0.15, -0.1) is 22.7 Å². The number of nitrogens with zero attached hydrogens (tertiary/aromatic N) is 2. The molecule has 1 aliphatic rings. The van der Waals surface area contributed by atoms with Gasteiger partial charge in [0, 0.05) is 24.4 Å². The molecule has 0 bridgehead atoms. The van der Waals surface area contributed by atoms with E-state index < -0.39 is 15.9 Å². The lowest BCUT2D eigenvalue weighted by atomic mass is 9.99. The Hall–Kier alpha value is -1.29. The number of amides is 1. The van der Waals surface area contributed by atoms with Crippen LogP contribution in [0.4, 0.5) is 0 Å². The summed E-state index contributed by atoms with van der Waals surface area (Å²) in [5.41, 5.74) is 5.49. The lowest BCUT2D eigenvalue weighted by Gasteiger charge is -2.29. The van der Waals surface area contributed by atoms with Gasteiger partial charge in [-0.2, -0.15) is 4.31 Å². The normalized spacial score (nSPS) is 17.6. The van der Waals surface area contributed by atoms with Crippen LogP contribution in [-0.2, 0) is 10.0 Å². The minimum Gasteiger partial charge on any atom is -0.364 e. The molecule has 1 fully saturated rings. The fourth-order valence-corrected chi connectivity index (χ4v) is 6.06. The van der Waals surface area contributed by atoms with Gasteiger partial charge in [-0.25, -0.2) is 13.4 Å². The van der Waals surface area contributed by atoms with Crippen molar-refractivity contribution in [3.8, 4) is 0 Å². The van der Waals surface area contributed by atoms with Crippen molar-refractivity contribution in [3.63, 3.8) is 0 Å². The first-order chi connectivity index (χ1) is 10.5. The Kier molecular flexibility index (Phi) is 4.31. The molecule has 0 aromatic carbocycles. The van der Waals surface area contributed by atoms with E-state index in [2.05, 4.69) is 4.98 Å². The fourth-order valence-electron chi connectivity index (χ4n) is 2.47. The van der Waals surface area contributed by atoms with Crippen LogP contribution in [-0.4, -0.2) is 36.7 Å². The van der Waals surface area contributed by atoms with Gasteiger partial charge in [0.15, 0.2) is 0 Å². The average Bonchev–Trinajstić information content (AvgIpc) is 3.19. The smallest absolute Gasteiger partial charge is 0.268 e. The number of thiophene rings is 1. The van der Waals surface area contributed by atoms with Gasteiger partial charge in [0.1, 0.15) is 9.90 Å². The molecule has 1 saturated heterocycles. The Bertz CT molecular complexity index is 760. The maximum absolute atomic E-state index is 12.4. The maximum atomic E-state index is 12.4. The van der Waals surface area contributed by atoms with Crippen LogP contribution in [0.25, 0.3) is 0 Å². The molecule has 0 aliphatic carbocycles. The van der Waals surface area contributed by atoms with Crippen molar-refractivity contribution in [3.05, 3.63) is 33.6 Å². The highest BCUT2D eigenvalue weighted by Gasteiger charge is 2.31. The number of rotatable bonds is 4. The molecule has 2 N–H and O–H groups in total. The number of piperidine rings is 1. The van der Waals surface area contributed by atoms with E-state index in [0.29, 0.717) is 30.1 Å². The van der Waals surface area contributed by atoms with Crippen LogP contribution in [0.5, 0.6) is 0 Å². The average molecular weight is 357 g/mol. The van der Waals surface area contributed by atoms with Crippen molar-refractivity contribution < 1.29 is 13.2 Å². The van der Waals surface area contributed by atoms with Gasteiger partial charge >= 0.3 is 0 Å². The number of nitrogens with two attached hydrogens (primary N) is 1. The number of carbonyl (C=O) groups is 1. The van der Waals surface area contributed by atoms with Crippen LogP contribution < -0.4 is 5.73 Å². The molecule has 118 valence electrons. The van der Waals surface area contributed by atoms with Crippen LogP contribution in [0.2, 0.25) is 0 Å². The Labute approximate surface area is 136 Å². The Morgan fingerprint density at radius 3 is 2.59 bits per heavy atom. The summed E-state index contributed by atoms with van der Waals surface area (Å²) in [7, 11) is -3.37. The molecule has 0 radical (unpaired) electrons. The van der Waals surface area contributed by atoms with Crippen LogP contribution in [0.1, 0.15) is 34.3 Å². The monoisotopic (exact) mass is 357 g/mol. The standard InChI is InChI=1S/C13H15N3O3S3/c14-12(17)10-8-21-13(15-10)9-3-5-16(6-4-9)22(18,19)11-2-1-7-20-11/h1-2,7-9H,3-6H2,(H2,14,17). The van der Waals surface area contributed by atoms with Gasteiger partial charge in [-0.05, 0) is 24.3 Å². The molecule has 0 spiro atoms. The molecule has 1 aliphatic heterocycles. The predicted octanol–water partition coefficient (Wildman–Crippen LogP) is 1.87. The molecule has 9 heteroatoms. The van der Waals surface area contributed by atoms with E-state index in [1.165, 1.54) is 27.0 Å². The van der Waals surface area contributed by atoms with E-state index >= 15 is 0 Å². The molecule has 6 nitrogen and oxygen atoms in total. The van der Waals surface area contributed by atoms with Gasteiger partial charge < -0.3 is 5.73 Å². The second-order valence-electron chi connectivity index (χ2n) is 5.05. The maximum Gasteiger partial charge on any atom is 0.268 e. The van der Waals surface area contributed by atoms with Gasteiger partial charge in [0.05, 0.1) is 5.01 Å². The molecule has 0 saturated carbocycles. The van der Waals surface area contributed by atoms with Gasteiger partial charge in [-0.1, -0.05) is 6.07 Å². The number of thiazole rings is 1. The lowest BCUT2D eigenvalue weighted by Crippen LogP contribution is -2.37. The largest absolute Gasteiger partial charge is 0.364 e. The van der Waals surface area contributed by atoms with E-state index in [1.54, 1.807) is 22.9 Å². The van der Waals surface area contributed by atoms with Gasteiger partial charge in [-0.3, -0.25) is 4.79 Å². The van der Waals surface area contributed by atoms with Crippen LogP contribution in [0, 0.1) is 0 Å². The summed E-state index contributed by atoms with van der Waals surface area (Å²) in [5, 5.41) is 4.29. The first-order valence-electron chi connectivity index (χ1n) is 6.77. The minimum absolute atomic E-state index is 0.188. The van der Waals surface area contributed by atoms with Crippen LogP contribution >= 0.6 is 22.7 Å². The topological polar surface area (TPSA) is 93.4 Å². The van der Waals surface area contributed by atoms with Crippen molar-refractivity contribution in [2.75, 3.05) is 13.1 Å². The first-order valence-corrected chi connectivity index (χ1v) is 9.97. The van der Waals surface area contributed by atoms with Crippen molar-refractivity contribution in [2.24, 2.45) is 5.73 Å². The molecular formula is C13H15N3O3S3. The molecule has 2 aromatic heterocycles.